The zero-order chi connectivity index (χ0) is 23.2. The molecule has 7 nitrogen and oxygen atoms in total. The molecule has 2 aromatic carbocycles. The van der Waals surface area contributed by atoms with Crippen molar-refractivity contribution in [1.29, 1.82) is 0 Å². The van der Waals surface area contributed by atoms with Crippen LogP contribution in [-0.4, -0.2) is 36.2 Å². The molecule has 1 aliphatic carbocycles. The topological polar surface area (TPSA) is 82.1 Å². The zero-order valence-corrected chi connectivity index (χ0v) is 19.9. The minimum absolute atomic E-state index is 0.0374. The number of ether oxygens (including phenoxy) is 1. The Morgan fingerprint density at radius 3 is 2.52 bits per heavy atom. The molecule has 7 atom stereocenters. The molecular weight excluding hydrogens is 442 g/mol. The third-order valence-corrected chi connectivity index (χ3v) is 10.2. The van der Waals surface area contributed by atoms with Crippen molar-refractivity contribution >= 4 is 26.7 Å². The van der Waals surface area contributed by atoms with Crippen molar-refractivity contribution in [3.05, 3.63) is 42.5 Å². The van der Waals surface area contributed by atoms with Crippen molar-refractivity contribution in [3.8, 4) is 0 Å². The molecule has 4 saturated heterocycles. The van der Waals surface area contributed by atoms with E-state index in [-0.39, 0.29) is 16.7 Å². The third-order valence-electron chi connectivity index (χ3n) is 8.50. The van der Waals surface area contributed by atoms with E-state index in [9.17, 15) is 13.2 Å². The number of amides is 1. The first-order valence-corrected chi connectivity index (χ1v) is 13.2. The molecule has 0 radical (unpaired) electrons. The summed E-state index contributed by atoms with van der Waals surface area (Å²) >= 11 is 0. The van der Waals surface area contributed by atoms with Crippen molar-refractivity contribution in [3.63, 3.8) is 0 Å². The van der Waals surface area contributed by atoms with E-state index < -0.39 is 39.5 Å². The Labute approximate surface area is 194 Å². The summed E-state index contributed by atoms with van der Waals surface area (Å²) in [6.07, 6.45) is 2.07. The lowest BCUT2D eigenvalue weighted by molar-refractivity contribution is -0.544. The fourth-order valence-corrected chi connectivity index (χ4v) is 8.31. The van der Waals surface area contributed by atoms with Gasteiger partial charge in [0, 0.05) is 18.3 Å². The second-order valence-electron chi connectivity index (χ2n) is 10.4. The summed E-state index contributed by atoms with van der Waals surface area (Å²) in [6, 6.07) is 12.5. The predicted molar refractivity (Wildman–Crippen MR) is 120 cm³/mol. The van der Waals surface area contributed by atoms with Gasteiger partial charge >= 0.3 is 0 Å². The molecule has 0 N–H and O–H groups in total. The number of nitrogens with zero attached hydrogens (tertiary/aromatic N) is 1. The molecule has 5 aliphatic rings. The lowest BCUT2D eigenvalue weighted by Crippen LogP contribution is -2.75. The summed E-state index contributed by atoms with van der Waals surface area (Å²) in [4.78, 5) is 25.8. The molecule has 2 bridgehead atoms. The maximum absolute atomic E-state index is 14.1. The Balaban J connectivity index is 1.53. The SMILES string of the molecule is C[C@@H]1CC[C@H]2[C@@H](C)C(=O)N(S(=O)(=O)c3ccc4ccccc4c3)[C@@H]3O[C@]4(C)CC[C@@H]1[C@@]23OO4. The first kappa shape index (κ1) is 21.5. The molecule has 176 valence electrons. The van der Waals surface area contributed by atoms with Gasteiger partial charge in [0.15, 0.2) is 11.8 Å². The van der Waals surface area contributed by atoms with Crippen LogP contribution in [0.5, 0.6) is 0 Å². The van der Waals surface area contributed by atoms with Gasteiger partial charge in [-0.05, 0) is 60.9 Å². The highest BCUT2D eigenvalue weighted by Crippen LogP contribution is 2.61. The van der Waals surface area contributed by atoms with E-state index >= 15 is 0 Å². The van der Waals surface area contributed by atoms with Gasteiger partial charge in [0.2, 0.25) is 11.7 Å². The average molecular weight is 472 g/mol. The van der Waals surface area contributed by atoms with Gasteiger partial charge in [-0.1, -0.05) is 44.2 Å². The Morgan fingerprint density at radius 1 is 0.970 bits per heavy atom. The molecule has 5 fully saturated rings. The van der Waals surface area contributed by atoms with E-state index in [1.165, 1.54) is 0 Å². The molecule has 1 saturated carbocycles. The maximum atomic E-state index is 14.1. The summed E-state index contributed by atoms with van der Waals surface area (Å²) in [5.41, 5.74) is -1.01. The molecule has 1 amide bonds. The molecular formula is C25H29NO6S. The molecule has 7 rings (SSSR count). The number of sulfonamides is 1. The molecule has 33 heavy (non-hydrogen) atoms. The normalized spacial score (nSPS) is 40.5. The van der Waals surface area contributed by atoms with Gasteiger partial charge in [-0.2, -0.15) is 0 Å². The highest BCUT2D eigenvalue weighted by Gasteiger charge is 2.72. The first-order chi connectivity index (χ1) is 15.7. The predicted octanol–water partition coefficient (Wildman–Crippen LogP) is 4.22. The van der Waals surface area contributed by atoms with Gasteiger partial charge in [-0.25, -0.2) is 22.5 Å². The van der Waals surface area contributed by atoms with Crippen LogP contribution in [0.3, 0.4) is 0 Å². The average Bonchev–Trinajstić information content (AvgIpc) is 3.03. The highest BCUT2D eigenvalue weighted by atomic mass is 32.2. The van der Waals surface area contributed by atoms with Gasteiger partial charge in [0.25, 0.3) is 10.0 Å². The summed E-state index contributed by atoms with van der Waals surface area (Å²) in [5, 5.41) is 1.73. The van der Waals surface area contributed by atoms with E-state index in [1.54, 1.807) is 25.1 Å². The largest absolute Gasteiger partial charge is 0.320 e. The molecule has 0 unspecified atom stereocenters. The lowest BCUT2D eigenvalue weighted by Gasteiger charge is -2.61. The van der Waals surface area contributed by atoms with Crippen LogP contribution in [0.1, 0.15) is 46.5 Å². The van der Waals surface area contributed by atoms with E-state index in [0.29, 0.717) is 12.3 Å². The number of piperidine rings is 1. The number of hydrogen-bond donors (Lipinski definition) is 0. The monoisotopic (exact) mass is 471 g/mol. The second-order valence-corrected chi connectivity index (χ2v) is 12.2. The first-order valence-electron chi connectivity index (χ1n) is 11.8. The fraction of sp³-hybridized carbons (Fsp3) is 0.560. The Bertz CT molecular complexity index is 1250. The third kappa shape index (κ3) is 2.84. The molecule has 2 aromatic rings. The Morgan fingerprint density at radius 2 is 1.73 bits per heavy atom. The van der Waals surface area contributed by atoms with E-state index in [1.807, 2.05) is 31.2 Å². The van der Waals surface area contributed by atoms with Crippen LogP contribution < -0.4 is 0 Å². The molecule has 4 heterocycles. The number of rotatable bonds is 2. The number of carbonyl (C=O) groups excluding carboxylic acids is 1. The van der Waals surface area contributed by atoms with Gasteiger partial charge in [-0.15, -0.1) is 0 Å². The summed E-state index contributed by atoms with van der Waals surface area (Å²) < 4.78 is 35.5. The maximum Gasteiger partial charge on any atom is 0.268 e. The van der Waals surface area contributed by atoms with Crippen LogP contribution >= 0.6 is 0 Å². The van der Waals surface area contributed by atoms with E-state index in [0.717, 1.165) is 34.3 Å². The quantitative estimate of drug-likeness (QED) is 0.610. The van der Waals surface area contributed by atoms with Crippen molar-refractivity contribution in [2.75, 3.05) is 0 Å². The van der Waals surface area contributed by atoms with Crippen molar-refractivity contribution in [2.45, 2.75) is 69.0 Å². The van der Waals surface area contributed by atoms with Crippen molar-refractivity contribution in [1.82, 2.24) is 4.31 Å². The smallest absolute Gasteiger partial charge is 0.268 e. The summed E-state index contributed by atoms with van der Waals surface area (Å²) in [7, 11) is -4.20. The van der Waals surface area contributed by atoms with Crippen LogP contribution in [0, 0.1) is 23.7 Å². The second kappa shape index (κ2) is 7.01. The van der Waals surface area contributed by atoms with Crippen molar-refractivity contribution in [2.24, 2.45) is 23.7 Å². The van der Waals surface area contributed by atoms with Crippen molar-refractivity contribution < 1.29 is 27.7 Å². The fourth-order valence-electron chi connectivity index (χ4n) is 6.70. The summed E-state index contributed by atoms with van der Waals surface area (Å²) in [5.74, 6) is -1.88. The standard InChI is InChI=1S/C25H29NO6S/c1-15-8-11-21-16(2)22(27)26(23-25(21)20(15)12-13-24(3,30-23)31-32-25)33(28,29)19-10-9-17-6-4-5-7-18(17)14-19/h4-7,9-10,14-16,20-21,23H,8,11-13H2,1-3H3/t15-,16-,20+,21+,23-,24+,25-/m1/s1. The van der Waals surface area contributed by atoms with Gasteiger partial charge < -0.3 is 4.74 Å². The number of benzene rings is 2. The Kier molecular flexibility index (Phi) is 4.57. The summed E-state index contributed by atoms with van der Waals surface area (Å²) in [6.45, 7) is 5.76. The minimum atomic E-state index is -4.20. The molecule has 8 heteroatoms. The minimum Gasteiger partial charge on any atom is -0.320 e. The van der Waals surface area contributed by atoms with Crippen LogP contribution in [0.2, 0.25) is 0 Å². The van der Waals surface area contributed by atoms with E-state index in [4.69, 9.17) is 14.5 Å². The van der Waals surface area contributed by atoms with Crippen LogP contribution in [0.4, 0.5) is 0 Å². The van der Waals surface area contributed by atoms with Crippen LogP contribution in [-0.2, 0) is 29.3 Å². The lowest BCUT2D eigenvalue weighted by atomic mass is 9.57. The van der Waals surface area contributed by atoms with Crippen LogP contribution in [0.25, 0.3) is 10.8 Å². The molecule has 4 aliphatic heterocycles. The highest BCUT2D eigenvalue weighted by molar-refractivity contribution is 7.89. The van der Waals surface area contributed by atoms with E-state index in [2.05, 4.69) is 6.92 Å². The van der Waals surface area contributed by atoms with Gasteiger partial charge in [0.1, 0.15) is 0 Å². The Hall–Kier alpha value is -2.00. The van der Waals surface area contributed by atoms with Gasteiger partial charge in [-0.3, -0.25) is 4.79 Å². The molecule has 1 spiro atoms. The number of hydrogen-bond acceptors (Lipinski definition) is 6. The van der Waals surface area contributed by atoms with Gasteiger partial charge in [0.05, 0.1) is 4.90 Å². The number of fused-ring (bicyclic) bond motifs is 3. The number of carbonyl (C=O) groups is 1. The molecule has 0 aromatic heterocycles. The van der Waals surface area contributed by atoms with Crippen LogP contribution in [0.15, 0.2) is 47.4 Å². The zero-order valence-electron chi connectivity index (χ0n) is 19.1.